The lowest BCUT2D eigenvalue weighted by Crippen LogP contribution is -2.15. The first-order valence-corrected chi connectivity index (χ1v) is 4.19. The van der Waals surface area contributed by atoms with Crippen LogP contribution in [0.25, 0.3) is 0 Å². The van der Waals surface area contributed by atoms with Crippen LogP contribution in [0.4, 0.5) is 5.82 Å². The van der Waals surface area contributed by atoms with E-state index in [4.69, 9.17) is 4.74 Å². The van der Waals surface area contributed by atoms with Crippen LogP contribution in [0.5, 0.6) is 0 Å². The summed E-state index contributed by atoms with van der Waals surface area (Å²) < 4.78 is 5.24. The molecule has 0 aromatic carbocycles. The Labute approximate surface area is 71.8 Å². The molecule has 1 aliphatic rings. The molecule has 0 saturated carbocycles. The molecule has 1 N–H and O–H groups in total. The fourth-order valence-corrected chi connectivity index (χ4v) is 1.30. The van der Waals surface area contributed by atoms with Gasteiger partial charge >= 0.3 is 0 Å². The van der Waals surface area contributed by atoms with Crippen molar-refractivity contribution in [2.75, 3.05) is 12.0 Å². The van der Waals surface area contributed by atoms with Gasteiger partial charge in [0.1, 0.15) is 12.5 Å². The van der Waals surface area contributed by atoms with Gasteiger partial charge in [-0.15, -0.1) is 0 Å². The highest BCUT2D eigenvalue weighted by Crippen LogP contribution is 2.18. The molecule has 2 heterocycles. The molecule has 0 radical (unpaired) electrons. The molecule has 12 heavy (non-hydrogen) atoms. The maximum atomic E-state index is 5.24. The molecule has 0 aliphatic carbocycles. The molecule has 3 nitrogen and oxygen atoms in total. The van der Waals surface area contributed by atoms with Gasteiger partial charge < -0.3 is 10.1 Å². The molecule has 0 fully saturated rings. The zero-order valence-corrected chi connectivity index (χ0v) is 7.13. The summed E-state index contributed by atoms with van der Waals surface area (Å²) in [6.07, 6.45) is 2.94. The predicted octanol–water partition coefficient (Wildman–Crippen LogP) is 1.54. The third-order valence-corrected chi connectivity index (χ3v) is 2.03. The number of aryl methyl sites for hydroxylation is 1. The molecule has 0 bridgehead atoms. The molecule has 0 unspecified atom stereocenters. The summed E-state index contributed by atoms with van der Waals surface area (Å²) in [6, 6.07) is 2.15. The summed E-state index contributed by atoms with van der Waals surface area (Å²) in [5.41, 5.74) is 2.43. The molecule has 1 aromatic heterocycles. The van der Waals surface area contributed by atoms with Crippen LogP contribution < -0.4 is 5.32 Å². The zero-order valence-electron chi connectivity index (χ0n) is 7.13. The minimum Gasteiger partial charge on any atom is -0.356 e. The molecule has 3 heteroatoms. The van der Waals surface area contributed by atoms with Crippen molar-refractivity contribution in [1.29, 1.82) is 0 Å². The number of ether oxygens (including phenoxy) is 1. The summed E-state index contributed by atoms with van der Waals surface area (Å²) in [7, 11) is 0. The molecule has 0 spiro atoms. The number of hydrogen-bond acceptors (Lipinski definition) is 3. The van der Waals surface area contributed by atoms with Gasteiger partial charge in [0.2, 0.25) is 0 Å². The molecular formula is C9H12N2O. The standard InChI is InChI=1S/C9H12N2O/c1-2-7-3-8-5-12-6-11-9(8)10-4-7/h3-4H,2,5-6H2,1H3,(H,10,11). The number of hydrogen-bond donors (Lipinski definition) is 1. The van der Waals surface area contributed by atoms with Gasteiger partial charge in [-0.2, -0.15) is 0 Å². The first-order chi connectivity index (χ1) is 5.90. The molecule has 1 aliphatic heterocycles. The first-order valence-electron chi connectivity index (χ1n) is 4.19. The van der Waals surface area contributed by atoms with E-state index in [2.05, 4.69) is 23.3 Å². The maximum absolute atomic E-state index is 5.24. The molecule has 2 rings (SSSR count). The van der Waals surface area contributed by atoms with Gasteiger partial charge in [-0.05, 0) is 18.1 Å². The van der Waals surface area contributed by atoms with E-state index < -0.39 is 0 Å². The van der Waals surface area contributed by atoms with Crippen LogP contribution in [0, 0.1) is 0 Å². The van der Waals surface area contributed by atoms with Crippen molar-refractivity contribution in [2.45, 2.75) is 20.0 Å². The van der Waals surface area contributed by atoms with Gasteiger partial charge in [-0.1, -0.05) is 6.92 Å². The Morgan fingerprint density at radius 1 is 1.67 bits per heavy atom. The summed E-state index contributed by atoms with van der Waals surface area (Å²) in [6.45, 7) is 3.38. The number of anilines is 1. The summed E-state index contributed by atoms with van der Waals surface area (Å²) in [5.74, 6) is 0.971. The number of aromatic nitrogens is 1. The Kier molecular flexibility index (Phi) is 1.96. The predicted molar refractivity (Wildman–Crippen MR) is 46.9 cm³/mol. The van der Waals surface area contributed by atoms with E-state index in [1.54, 1.807) is 0 Å². The van der Waals surface area contributed by atoms with Gasteiger partial charge in [0.05, 0.1) is 6.61 Å². The number of rotatable bonds is 1. The molecule has 64 valence electrons. The highest BCUT2D eigenvalue weighted by atomic mass is 16.5. The van der Waals surface area contributed by atoms with E-state index in [-0.39, 0.29) is 0 Å². The largest absolute Gasteiger partial charge is 0.356 e. The van der Waals surface area contributed by atoms with Crippen molar-refractivity contribution in [3.63, 3.8) is 0 Å². The van der Waals surface area contributed by atoms with Crippen LogP contribution in [-0.2, 0) is 17.8 Å². The number of fused-ring (bicyclic) bond motifs is 1. The van der Waals surface area contributed by atoms with Crippen LogP contribution in [0.1, 0.15) is 18.1 Å². The number of pyridine rings is 1. The second-order valence-electron chi connectivity index (χ2n) is 2.87. The van der Waals surface area contributed by atoms with E-state index in [1.165, 1.54) is 11.1 Å². The second kappa shape index (κ2) is 3.11. The minimum absolute atomic E-state index is 0.575. The van der Waals surface area contributed by atoms with Crippen molar-refractivity contribution in [3.05, 3.63) is 23.4 Å². The Hall–Kier alpha value is -1.09. The van der Waals surface area contributed by atoms with Crippen molar-refractivity contribution < 1.29 is 4.74 Å². The quantitative estimate of drug-likeness (QED) is 0.683. The fourth-order valence-electron chi connectivity index (χ4n) is 1.30. The minimum atomic E-state index is 0.575. The summed E-state index contributed by atoms with van der Waals surface area (Å²) in [4.78, 5) is 4.30. The van der Waals surface area contributed by atoms with Crippen LogP contribution >= 0.6 is 0 Å². The van der Waals surface area contributed by atoms with Crippen molar-refractivity contribution in [3.8, 4) is 0 Å². The Balaban J connectivity index is 2.36. The lowest BCUT2D eigenvalue weighted by atomic mass is 10.1. The third kappa shape index (κ3) is 1.28. The van der Waals surface area contributed by atoms with Crippen molar-refractivity contribution in [1.82, 2.24) is 4.98 Å². The molecule has 0 atom stereocenters. The summed E-state index contributed by atoms with van der Waals surface area (Å²) >= 11 is 0. The van der Waals surface area contributed by atoms with E-state index in [9.17, 15) is 0 Å². The highest BCUT2D eigenvalue weighted by molar-refractivity contribution is 5.45. The van der Waals surface area contributed by atoms with Crippen molar-refractivity contribution >= 4 is 5.82 Å². The van der Waals surface area contributed by atoms with E-state index in [0.29, 0.717) is 13.3 Å². The average Bonchev–Trinajstić information content (AvgIpc) is 2.17. The maximum Gasteiger partial charge on any atom is 0.133 e. The third-order valence-electron chi connectivity index (χ3n) is 2.03. The Morgan fingerprint density at radius 2 is 2.58 bits per heavy atom. The lowest BCUT2D eigenvalue weighted by molar-refractivity contribution is 0.130. The lowest BCUT2D eigenvalue weighted by Gasteiger charge is -2.17. The van der Waals surface area contributed by atoms with Gasteiger partial charge in [0.15, 0.2) is 0 Å². The molecule has 0 saturated heterocycles. The van der Waals surface area contributed by atoms with E-state index in [1.807, 2.05) is 6.20 Å². The molecule has 0 amide bonds. The zero-order chi connectivity index (χ0) is 8.39. The van der Waals surface area contributed by atoms with Crippen LogP contribution in [0.15, 0.2) is 12.3 Å². The van der Waals surface area contributed by atoms with Gasteiger partial charge in [-0.3, -0.25) is 0 Å². The SMILES string of the molecule is CCc1cnc2c(c1)COCN2. The van der Waals surface area contributed by atoms with Crippen LogP contribution in [-0.4, -0.2) is 11.7 Å². The highest BCUT2D eigenvalue weighted by Gasteiger charge is 2.09. The normalized spacial score (nSPS) is 15.1. The molecule has 1 aromatic rings. The van der Waals surface area contributed by atoms with Gasteiger partial charge in [0.25, 0.3) is 0 Å². The van der Waals surface area contributed by atoms with Gasteiger partial charge in [0, 0.05) is 11.8 Å². The monoisotopic (exact) mass is 164 g/mol. The molecular weight excluding hydrogens is 152 g/mol. The van der Waals surface area contributed by atoms with Crippen LogP contribution in [0.2, 0.25) is 0 Å². The van der Waals surface area contributed by atoms with Gasteiger partial charge in [-0.25, -0.2) is 4.98 Å². The smallest absolute Gasteiger partial charge is 0.133 e. The topological polar surface area (TPSA) is 34.1 Å². The second-order valence-corrected chi connectivity index (χ2v) is 2.87. The fraction of sp³-hybridized carbons (Fsp3) is 0.444. The number of nitrogens with zero attached hydrogens (tertiary/aromatic N) is 1. The Bertz CT molecular complexity index is 286. The number of nitrogens with one attached hydrogen (secondary N) is 1. The Morgan fingerprint density at radius 3 is 3.42 bits per heavy atom. The van der Waals surface area contributed by atoms with Crippen molar-refractivity contribution in [2.24, 2.45) is 0 Å². The summed E-state index contributed by atoms with van der Waals surface area (Å²) in [5, 5.41) is 3.08. The van der Waals surface area contributed by atoms with E-state index >= 15 is 0 Å². The van der Waals surface area contributed by atoms with E-state index in [0.717, 1.165) is 12.2 Å². The first kappa shape index (κ1) is 7.55. The average molecular weight is 164 g/mol. The van der Waals surface area contributed by atoms with Crippen LogP contribution in [0.3, 0.4) is 0 Å².